The van der Waals surface area contributed by atoms with Gasteiger partial charge in [-0.3, -0.25) is 0 Å². The van der Waals surface area contributed by atoms with Gasteiger partial charge in [-0.25, -0.2) is 4.39 Å². The smallest absolute Gasteiger partial charge is 0.126 e. The van der Waals surface area contributed by atoms with Crippen LogP contribution in [-0.4, -0.2) is 20.1 Å². The number of halogens is 1. The average molecular weight is 250 g/mol. The quantitative estimate of drug-likeness (QED) is 0.858. The molecular formula is C15H23FN2. The molecule has 0 bridgehead atoms. The van der Waals surface area contributed by atoms with Crippen LogP contribution >= 0.6 is 0 Å². The van der Waals surface area contributed by atoms with E-state index in [2.05, 4.69) is 10.6 Å². The zero-order valence-corrected chi connectivity index (χ0v) is 11.3. The third kappa shape index (κ3) is 3.30. The summed E-state index contributed by atoms with van der Waals surface area (Å²) in [6.45, 7) is 4.09. The highest BCUT2D eigenvalue weighted by Crippen LogP contribution is 2.26. The number of benzene rings is 1. The van der Waals surface area contributed by atoms with E-state index in [1.807, 2.05) is 26.1 Å². The number of hydrogen-bond acceptors (Lipinski definition) is 2. The third-order valence-electron chi connectivity index (χ3n) is 3.90. The van der Waals surface area contributed by atoms with Crippen molar-refractivity contribution in [3.8, 4) is 0 Å². The Kier molecular flexibility index (Phi) is 4.72. The van der Waals surface area contributed by atoms with Crippen LogP contribution in [-0.2, 0) is 0 Å². The fourth-order valence-corrected chi connectivity index (χ4v) is 2.76. The molecule has 2 unspecified atom stereocenters. The van der Waals surface area contributed by atoms with Crippen molar-refractivity contribution < 1.29 is 4.39 Å². The molecule has 2 rings (SSSR count). The summed E-state index contributed by atoms with van der Waals surface area (Å²) in [5, 5.41) is 6.81. The fraction of sp³-hybridized carbons (Fsp3) is 0.600. The van der Waals surface area contributed by atoms with Crippen molar-refractivity contribution in [2.45, 2.75) is 32.2 Å². The Labute approximate surface area is 109 Å². The van der Waals surface area contributed by atoms with Crippen molar-refractivity contribution in [3.05, 3.63) is 35.1 Å². The number of aryl methyl sites for hydroxylation is 1. The lowest BCUT2D eigenvalue weighted by molar-refractivity contribution is 0.322. The van der Waals surface area contributed by atoms with Crippen molar-refractivity contribution in [2.24, 2.45) is 5.92 Å². The summed E-state index contributed by atoms with van der Waals surface area (Å²) in [4.78, 5) is 0. The molecule has 2 N–H and O–H groups in total. The molecule has 0 spiro atoms. The van der Waals surface area contributed by atoms with Crippen molar-refractivity contribution in [3.63, 3.8) is 0 Å². The second-order valence-electron chi connectivity index (χ2n) is 5.30. The van der Waals surface area contributed by atoms with E-state index in [9.17, 15) is 4.39 Å². The molecule has 18 heavy (non-hydrogen) atoms. The molecule has 1 aromatic carbocycles. The van der Waals surface area contributed by atoms with Crippen LogP contribution in [0, 0.1) is 18.7 Å². The zero-order valence-electron chi connectivity index (χ0n) is 11.3. The Balaban J connectivity index is 2.04. The van der Waals surface area contributed by atoms with Gasteiger partial charge in [-0.1, -0.05) is 12.1 Å². The van der Waals surface area contributed by atoms with Gasteiger partial charge in [0.15, 0.2) is 0 Å². The highest BCUT2D eigenvalue weighted by Gasteiger charge is 2.19. The van der Waals surface area contributed by atoms with Gasteiger partial charge >= 0.3 is 0 Å². The summed E-state index contributed by atoms with van der Waals surface area (Å²) in [7, 11) is 1.99. The Bertz CT molecular complexity index is 386. The molecule has 1 aliphatic heterocycles. The van der Waals surface area contributed by atoms with Gasteiger partial charge < -0.3 is 10.6 Å². The SMILES string of the molecule is CNC(CC1CCCNC1)c1ccc(F)c(C)c1. The van der Waals surface area contributed by atoms with Gasteiger partial charge in [0.25, 0.3) is 0 Å². The van der Waals surface area contributed by atoms with Crippen LogP contribution in [0.1, 0.15) is 36.4 Å². The molecule has 100 valence electrons. The maximum absolute atomic E-state index is 13.3. The predicted octanol–water partition coefficient (Wildman–Crippen LogP) is 2.78. The van der Waals surface area contributed by atoms with Gasteiger partial charge in [0.2, 0.25) is 0 Å². The molecule has 0 amide bonds. The van der Waals surface area contributed by atoms with Gasteiger partial charge in [-0.15, -0.1) is 0 Å². The Morgan fingerprint density at radius 2 is 2.33 bits per heavy atom. The van der Waals surface area contributed by atoms with Gasteiger partial charge in [-0.2, -0.15) is 0 Å². The zero-order chi connectivity index (χ0) is 13.0. The van der Waals surface area contributed by atoms with Crippen molar-refractivity contribution in [2.75, 3.05) is 20.1 Å². The molecule has 1 aromatic rings. The largest absolute Gasteiger partial charge is 0.316 e. The lowest BCUT2D eigenvalue weighted by Crippen LogP contribution is -2.32. The number of hydrogen-bond donors (Lipinski definition) is 2. The van der Waals surface area contributed by atoms with Gasteiger partial charge in [0, 0.05) is 6.04 Å². The minimum absolute atomic E-state index is 0.118. The summed E-state index contributed by atoms with van der Waals surface area (Å²) in [6, 6.07) is 5.77. The topological polar surface area (TPSA) is 24.1 Å². The highest BCUT2D eigenvalue weighted by molar-refractivity contribution is 5.26. The molecule has 2 nitrogen and oxygen atoms in total. The third-order valence-corrected chi connectivity index (χ3v) is 3.90. The molecule has 2 atom stereocenters. The molecule has 1 heterocycles. The average Bonchev–Trinajstić information content (AvgIpc) is 2.40. The van der Waals surface area contributed by atoms with Gasteiger partial charge in [-0.05, 0) is 69.4 Å². The first-order chi connectivity index (χ1) is 8.70. The molecular weight excluding hydrogens is 227 g/mol. The first-order valence-electron chi connectivity index (χ1n) is 6.84. The summed E-state index contributed by atoms with van der Waals surface area (Å²) < 4.78 is 13.3. The molecule has 1 aliphatic rings. The number of piperidine rings is 1. The van der Waals surface area contributed by atoms with Crippen LogP contribution in [0.3, 0.4) is 0 Å². The lowest BCUT2D eigenvalue weighted by atomic mass is 9.89. The Hall–Kier alpha value is -0.930. The van der Waals surface area contributed by atoms with E-state index < -0.39 is 0 Å². The number of nitrogens with one attached hydrogen (secondary N) is 2. The van der Waals surface area contributed by atoms with Gasteiger partial charge in [0.05, 0.1) is 0 Å². The minimum atomic E-state index is -0.118. The fourth-order valence-electron chi connectivity index (χ4n) is 2.76. The Morgan fingerprint density at radius 1 is 1.50 bits per heavy atom. The highest BCUT2D eigenvalue weighted by atomic mass is 19.1. The van der Waals surface area contributed by atoms with Crippen LogP contribution in [0.25, 0.3) is 0 Å². The summed E-state index contributed by atoms with van der Waals surface area (Å²) in [5.41, 5.74) is 1.93. The standard InChI is InChI=1S/C15H23FN2/c1-11-8-13(5-6-14(11)16)15(17-2)9-12-4-3-7-18-10-12/h5-6,8,12,15,17-18H,3-4,7,9-10H2,1-2H3. The van der Waals surface area contributed by atoms with Crippen molar-refractivity contribution in [1.29, 1.82) is 0 Å². The maximum Gasteiger partial charge on any atom is 0.126 e. The summed E-state index contributed by atoms with van der Waals surface area (Å²) >= 11 is 0. The van der Waals surface area contributed by atoms with E-state index in [1.54, 1.807) is 6.07 Å². The molecule has 0 radical (unpaired) electrons. The van der Waals surface area contributed by atoms with E-state index in [-0.39, 0.29) is 5.82 Å². The van der Waals surface area contributed by atoms with E-state index in [0.29, 0.717) is 6.04 Å². The van der Waals surface area contributed by atoms with Crippen LogP contribution < -0.4 is 10.6 Å². The molecule has 0 aromatic heterocycles. The lowest BCUT2D eigenvalue weighted by Gasteiger charge is -2.27. The van der Waals surface area contributed by atoms with Crippen LogP contribution in [0.2, 0.25) is 0 Å². The second kappa shape index (κ2) is 6.30. The first kappa shape index (κ1) is 13.5. The van der Waals surface area contributed by atoms with Crippen molar-refractivity contribution >= 4 is 0 Å². The molecule has 0 saturated carbocycles. The molecule has 0 aliphatic carbocycles. The summed E-state index contributed by atoms with van der Waals surface area (Å²) in [6.07, 6.45) is 3.68. The van der Waals surface area contributed by atoms with Gasteiger partial charge in [0.1, 0.15) is 5.82 Å². The van der Waals surface area contributed by atoms with Crippen LogP contribution in [0.5, 0.6) is 0 Å². The molecule has 1 saturated heterocycles. The van der Waals surface area contributed by atoms with E-state index >= 15 is 0 Å². The normalized spacial score (nSPS) is 21.8. The summed E-state index contributed by atoms with van der Waals surface area (Å²) in [5.74, 6) is 0.606. The molecule has 3 heteroatoms. The van der Waals surface area contributed by atoms with Crippen molar-refractivity contribution in [1.82, 2.24) is 10.6 Å². The van der Waals surface area contributed by atoms with Crippen LogP contribution in [0.15, 0.2) is 18.2 Å². The minimum Gasteiger partial charge on any atom is -0.316 e. The van der Waals surface area contributed by atoms with E-state index in [1.165, 1.54) is 18.4 Å². The van der Waals surface area contributed by atoms with Crippen LogP contribution in [0.4, 0.5) is 4.39 Å². The first-order valence-corrected chi connectivity index (χ1v) is 6.84. The van der Waals surface area contributed by atoms with E-state index in [4.69, 9.17) is 0 Å². The monoisotopic (exact) mass is 250 g/mol. The second-order valence-corrected chi connectivity index (χ2v) is 5.30. The van der Waals surface area contributed by atoms with E-state index in [0.717, 1.165) is 31.0 Å². The number of rotatable bonds is 4. The molecule has 1 fully saturated rings. The Morgan fingerprint density at radius 3 is 2.94 bits per heavy atom. The maximum atomic E-state index is 13.3. The predicted molar refractivity (Wildman–Crippen MR) is 73.1 cm³/mol.